The molecule has 2 N–H and O–H groups in total. The van der Waals surface area contributed by atoms with Crippen molar-refractivity contribution < 1.29 is 4.74 Å². The Labute approximate surface area is 93.0 Å². The maximum absolute atomic E-state index is 5.97. The molecule has 0 spiro atoms. The average molecular weight is 232 g/mol. The standard InChI is InChI=1S/C10H14ClNOS/c11-10-7(3-4-14-10)6-13-9-2-1-8(12)5-9/h3-4,8-9H,1-2,5-6,12H2. The summed E-state index contributed by atoms with van der Waals surface area (Å²) in [6.45, 7) is 0.625. The number of thiophene rings is 1. The van der Waals surface area contributed by atoms with Gasteiger partial charge in [-0.05, 0) is 30.7 Å². The molecule has 1 heterocycles. The second kappa shape index (κ2) is 4.62. The highest BCUT2D eigenvalue weighted by atomic mass is 35.5. The van der Waals surface area contributed by atoms with Crippen LogP contribution in [0.25, 0.3) is 0 Å². The molecular formula is C10H14ClNOS. The molecule has 4 heteroatoms. The van der Waals surface area contributed by atoms with Crippen LogP contribution in [0.5, 0.6) is 0 Å². The van der Waals surface area contributed by atoms with Crippen LogP contribution in [0.4, 0.5) is 0 Å². The molecule has 14 heavy (non-hydrogen) atoms. The first-order valence-electron chi connectivity index (χ1n) is 4.85. The number of halogens is 1. The van der Waals surface area contributed by atoms with Gasteiger partial charge in [0.1, 0.15) is 0 Å². The fraction of sp³-hybridized carbons (Fsp3) is 0.600. The first-order chi connectivity index (χ1) is 6.75. The Bertz CT molecular complexity index is 302. The summed E-state index contributed by atoms with van der Waals surface area (Å²) in [5.74, 6) is 0. The summed E-state index contributed by atoms with van der Waals surface area (Å²) in [7, 11) is 0. The van der Waals surface area contributed by atoms with E-state index in [0.29, 0.717) is 18.8 Å². The molecule has 0 aromatic carbocycles. The molecular weight excluding hydrogens is 218 g/mol. The van der Waals surface area contributed by atoms with E-state index < -0.39 is 0 Å². The minimum Gasteiger partial charge on any atom is -0.373 e. The Hall–Kier alpha value is -0.0900. The van der Waals surface area contributed by atoms with Crippen molar-refractivity contribution in [2.45, 2.75) is 38.0 Å². The summed E-state index contributed by atoms with van der Waals surface area (Å²) >= 11 is 7.52. The molecule has 78 valence electrons. The van der Waals surface area contributed by atoms with Gasteiger partial charge in [0.25, 0.3) is 0 Å². The van der Waals surface area contributed by atoms with Crippen LogP contribution in [0.15, 0.2) is 11.4 Å². The maximum Gasteiger partial charge on any atom is 0.0983 e. The molecule has 2 unspecified atom stereocenters. The summed E-state index contributed by atoms with van der Waals surface area (Å²) in [5, 5.41) is 1.99. The second-order valence-electron chi connectivity index (χ2n) is 3.73. The van der Waals surface area contributed by atoms with Crippen LogP contribution in [0, 0.1) is 0 Å². The molecule has 1 aromatic heterocycles. The molecule has 0 amide bonds. The average Bonchev–Trinajstić information content (AvgIpc) is 2.72. The first-order valence-corrected chi connectivity index (χ1v) is 6.10. The zero-order valence-electron chi connectivity index (χ0n) is 7.91. The Morgan fingerprint density at radius 3 is 3.00 bits per heavy atom. The van der Waals surface area contributed by atoms with Crippen LogP contribution in [0.2, 0.25) is 4.34 Å². The molecule has 1 fully saturated rings. The van der Waals surface area contributed by atoms with Gasteiger partial charge in [-0.15, -0.1) is 11.3 Å². The largest absolute Gasteiger partial charge is 0.373 e. The second-order valence-corrected chi connectivity index (χ2v) is 5.24. The van der Waals surface area contributed by atoms with Crippen molar-refractivity contribution in [3.05, 3.63) is 21.3 Å². The zero-order chi connectivity index (χ0) is 9.97. The highest BCUT2D eigenvalue weighted by Gasteiger charge is 2.22. The van der Waals surface area contributed by atoms with Crippen molar-refractivity contribution in [3.63, 3.8) is 0 Å². The third kappa shape index (κ3) is 2.48. The number of nitrogens with two attached hydrogens (primary N) is 1. The van der Waals surface area contributed by atoms with Crippen LogP contribution in [0.1, 0.15) is 24.8 Å². The van der Waals surface area contributed by atoms with E-state index in [1.165, 1.54) is 0 Å². The summed E-state index contributed by atoms with van der Waals surface area (Å²) in [6, 6.07) is 2.35. The van der Waals surface area contributed by atoms with E-state index in [9.17, 15) is 0 Å². The highest BCUT2D eigenvalue weighted by molar-refractivity contribution is 7.14. The van der Waals surface area contributed by atoms with Crippen molar-refractivity contribution in [1.29, 1.82) is 0 Å². The monoisotopic (exact) mass is 231 g/mol. The minimum atomic E-state index is 0.331. The molecule has 2 atom stereocenters. The van der Waals surface area contributed by atoms with E-state index in [1.54, 1.807) is 11.3 Å². The smallest absolute Gasteiger partial charge is 0.0983 e. The van der Waals surface area contributed by atoms with E-state index in [1.807, 2.05) is 11.4 Å². The third-order valence-electron chi connectivity index (χ3n) is 2.59. The summed E-state index contributed by atoms with van der Waals surface area (Å²) in [5.41, 5.74) is 6.89. The molecule has 2 nitrogen and oxygen atoms in total. The lowest BCUT2D eigenvalue weighted by atomic mass is 10.3. The molecule has 1 aliphatic carbocycles. The predicted octanol–water partition coefficient (Wildman–Crippen LogP) is 2.80. The van der Waals surface area contributed by atoms with Crippen molar-refractivity contribution in [2.75, 3.05) is 0 Å². The van der Waals surface area contributed by atoms with E-state index in [-0.39, 0.29) is 0 Å². The molecule has 1 aromatic rings. The Kier molecular flexibility index (Phi) is 3.44. The first kappa shape index (κ1) is 10.4. The van der Waals surface area contributed by atoms with Crippen LogP contribution >= 0.6 is 22.9 Å². The van der Waals surface area contributed by atoms with Gasteiger partial charge >= 0.3 is 0 Å². The Morgan fingerprint density at radius 1 is 1.57 bits per heavy atom. The fourth-order valence-electron chi connectivity index (χ4n) is 1.75. The van der Waals surface area contributed by atoms with E-state index in [0.717, 1.165) is 29.2 Å². The van der Waals surface area contributed by atoms with Gasteiger partial charge in [-0.3, -0.25) is 0 Å². The lowest BCUT2D eigenvalue weighted by molar-refractivity contribution is 0.0451. The van der Waals surface area contributed by atoms with E-state index in [2.05, 4.69) is 0 Å². The topological polar surface area (TPSA) is 35.2 Å². The van der Waals surface area contributed by atoms with E-state index in [4.69, 9.17) is 22.1 Å². The van der Waals surface area contributed by atoms with Gasteiger partial charge in [0, 0.05) is 11.6 Å². The van der Waals surface area contributed by atoms with Gasteiger partial charge in [-0.1, -0.05) is 11.6 Å². The van der Waals surface area contributed by atoms with Gasteiger partial charge in [-0.2, -0.15) is 0 Å². The van der Waals surface area contributed by atoms with Crippen molar-refractivity contribution in [2.24, 2.45) is 5.73 Å². The normalized spacial score (nSPS) is 27.0. The van der Waals surface area contributed by atoms with Gasteiger partial charge in [-0.25, -0.2) is 0 Å². The van der Waals surface area contributed by atoms with Crippen molar-refractivity contribution >= 4 is 22.9 Å². The summed E-state index contributed by atoms with van der Waals surface area (Å²) in [6.07, 6.45) is 3.49. The number of hydrogen-bond acceptors (Lipinski definition) is 3. The van der Waals surface area contributed by atoms with Crippen molar-refractivity contribution in [1.82, 2.24) is 0 Å². The Balaban J connectivity index is 1.80. The van der Waals surface area contributed by atoms with Crippen LogP contribution in [-0.2, 0) is 11.3 Å². The van der Waals surface area contributed by atoms with E-state index >= 15 is 0 Å². The molecule has 0 saturated heterocycles. The predicted molar refractivity (Wildman–Crippen MR) is 59.7 cm³/mol. The molecule has 1 saturated carbocycles. The van der Waals surface area contributed by atoms with Gasteiger partial charge in [0.05, 0.1) is 17.0 Å². The number of hydrogen-bond donors (Lipinski definition) is 1. The zero-order valence-corrected chi connectivity index (χ0v) is 9.48. The number of ether oxygens (including phenoxy) is 1. The Morgan fingerprint density at radius 2 is 2.43 bits per heavy atom. The molecule has 2 rings (SSSR count). The molecule has 0 radical (unpaired) electrons. The quantitative estimate of drug-likeness (QED) is 0.868. The SMILES string of the molecule is NC1CCC(OCc2ccsc2Cl)C1. The van der Waals surface area contributed by atoms with Gasteiger partial charge in [0.15, 0.2) is 0 Å². The fourth-order valence-corrected chi connectivity index (χ4v) is 2.66. The van der Waals surface area contributed by atoms with Gasteiger partial charge < -0.3 is 10.5 Å². The van der Waals surface area contributed by atoms with Gasteiger partial charge in [0.2, 0.25) is 0 Å². The lowest BCUT2D eigenvalue weighted by Gasteiger charge is -2.10. The van der Waals surface area contributed by atoms with Crippen molar-refractivity contribution in [3.8, 4) is 0 Å². The molecule has 0 bridgehead atoms. The minimum absolute atomic E-state index is 0.331. The molecule has 1 aliphatic rings. The maximum atomic E-state index is 5.97. The van der Waals surface area contributed by atoms with Crippen LogP contribution in [-0.4, -0.2) is 12.1 Å². The molecule has 0 aliphatic heterocycles. The summed E-state index contributed by atoms with van der Waals surface area (Å²) in [4.78, 5) is 0. The highest BCUT2D eigenvalue weighted by Crippen LogP contribution is 2.26. The number of rotatable bonds is 3. The lowest BCUT2D eigenvalue weighted by Crippen LogP contribution is -2.17. The van der Waals surface area contributed by atoms with Crippen LogP contribution < -0.4 is 5.73 Å². The summed E-state index contributed by atoms with van der Waals surface area (Å²) < 4.78 is 6.58. The third-order valence-corrected chi connectivity index (χ3v) is 3.84. The van der Waals surface area contributed by atoms with Crippen LogP contribution in [0.3, 0.4) is 0 Å².